The highest BCUT2D eigenvalue weighted by molar-refractivity contribution is 7.89. The summed E-state index contributed by atoms with van der Waals surface area (Å²) in [6.07, 6.45) is 1.54. The van der Waals surface area contributed by atoms with E-state index in [1.165, 1.54) is 16.4 Å². The number of nitrogens with zero attached hydrogens (tertiary/aromatic N) is 3. The molecule has 0 saturated carbocycles. The van der Waals surface area contributed by atoms with E-state index in [0.717, 1.165) is 0 Å². The highest BCUT2D eigenvalue weighted by Gasteiger charge is 2.23. The van der Waals surface area contributed by atoms with Gasteiger partial charge in [-0.25, -0.2) is 13.1 Å². The zero-order valence-corrected chi connectivity index (χ0v) is 19.4. The van der Waals surface area contributed by atoms with Crippen molar-refractivity contribution in [1.82, 2.24) is 14.1 Å². The molecule has 0 fully saturated rings. The van der Waals surface area contributed by atoms with Crippen molar-refractivity contribution < 1.29 is 13.2 Å². The molecule has 164 valence electrons. The number of hydrogen-bond donors (Lipinski definition) is 1. The van der Waals surface area contributed by atoms with Crippen LogP contribution in [0, 0.1) is 0 Å². The highest BCUT2D eigenvalue weighted by atomic mass is 35.5. The number of carbonyl (C=O) groups excluding carboxylic acids is 1. The number of amides is 1. The summed E-state index contributed by atoms with van der Waals surface area (Å²) in [7, 11) is -3.67. The molecule has 0 aliphatic carbocycles. The third kappa shape index (κ3) is 5.10. The van der Waals surface area contributed by atoms with Crippen LogP contribution in [0.25, 0.3) is 0 Å². The fourth-order valence-electron chi connectivity index (χ4n) is 3.10. The summed E-state index contributed by atoms with van der Waals surface area (Å²) in [5.74, 6) is -0.0263. The summed E-state index contributed by atoms with van der Waals surface area (Å²) in [6, 6.07) is 12.8. The monoisotopic (exact) mass is 480 g/mol. The molecular formula is C21H22Cl2N4O3S. The molecule has 3 rings (SSSR count). The van der Waals surface area contributed by atoms with Gasteiger partial charge in [-0.3, -0.25) is 4.79 Å². The van der Waals surface area contributed by atoms with E-state index in [4.69, 9.17) is 23.2 Å². The Morgan fingerprint density at radius 1 is 1.06 bits per heavy atom. The van der Waals surface area contributed by atoms with Crippen molar-refractivity contribution in [2.24, 2.45) is 0 Å². The lowest BCUT2D eigenvalue weighted by Crippen LogP contribution is -2.30. The number of hydrogen-bond acceptors (Lipinski definition) is 4. The topological polar surface area (TPSA) is 84.3 Å². The first-order valence-corrected chi connectivity index (χ1v) is 11.8. The number of carbonyl (C=O) groups is 1. The number of rotatable bonds is 8. The van der Waals surface area contributed by atoms with Crippen LogP contribution < -0.4 is 5.32 Å². The normalized spacial score (nSPS) is 11.6. The Balaban J connectivity index is 1.83. The van der Waals surface area contributed by atoms with E-state index < -0.39 is 15.9 Å². The van der Waals surface area contributed by atoms with Crippen molar-refractivity contribution in [2.75, 3.05) is 18.4 Å². The summed E-state index contributed by atoms with van der Waals surface area (Å²) in [5, 5.41) is 7.98. The molecule has 3 aromatic rings. The summed E-state index contributed by atoms with van der Waals surface area (Å²) in [4.78, 5) is 12.9. The molecule has 1 aromatic heterocycles. The van der Waals surface area contributed by atoms with Gasteiger partial charge in [0.1, 0.15) is 5.82 Å². The lowest BCUT2D eigenvalue weighted by Gasteiger charge is -2.18. The average molecular weight is 481 g/mol. The number of anilines is 1. The van der Waals surface area contributed by atoms with E-state index >= 15 is 0 Å². The summed E-state index contributed by atoms with van der Waals surface area (Å²) < 4.78 is 28.4. The first-order chi connectivity index (χ1) is 14.8. The van der Waals surface area contributed by atoms with Crippen LogP contribution in [0.5, 0.6) is 0 Å². The first kappa shape index (κ1) is 23.3. The Kier molecular flexibility index (Phi) is 7.38. The Morgan fingerprint density at radius 2 is 1.71 bits per heavy atom. The minimum absolute atomic E-state index is 0.0696. The minimum Gasteiger partial charge on any atom is -0.307 e. The molecule has 0 unspecified atom stereocenters. The van der Waals surface area contributed by atoms with E-state index in [2.05, 4.69) is 10.4 Å². The highest BCUT2D eigenvalue weighted by Crippen LogP contribution is 2.26. The van der Waals surface area contributed by atoms with Crippen molar-refractivity contribution in [3.63, 3.8) is 0 Å². The van der Waals surface area contributed by atoms with Crippen molar-refractivity contribution >= 4 is 45.0 Å². The van der Waals surface area contributed by atoms with Gasteiger partial charge >= 0.3 is 0 Å². The molecule has 0 aliphatic heterocycles. The van der Waals surface area contributed by atoms with Gasteiger partial charge in [-0.1, -0.05) is 49.2 Å². The van der Waals surface area contributed by atoms with Crippen LogP contribution in [0.4, 0.5) is 5.82 Å². The Hall–Kier alpha value is -2.39. The second kappa shape index (κ2) is 9.82. The maximum Gasteiger partial charge on any atom is 0.256 e. The molecule has 7 nitrogen and oxygen atoms in total. The van der Waals surface area contributed by atoms with Gasteiger partial charge in [-0.15, -0.1) is 0 Å². The third-order valence-electron chi connectivity index (χ3n) is 4.77. The van der Waals surface area contributed by atoms with E-state index in [1.54, 1.807) is 61.1 Å². The summed E-state index contributed by atoms with van der Waals surface area (Å²) >= 11 is 12.5. The van der Waals surface area contributed by atoms with E-state index in [0.29, 0.717) is 34.5 Å². The SMILES string of the molecule is CCN(CC)S(=O)(=O)c1cccc(C(=O)Nc2ccnn2Cc2c(Cl)cccc2Cl)c1. The van der Waals surface area contributed by atoms with Gasteiger partial charge in [-0.2, -0.15) is 9.40 Å². The molecule has 0 spiro atoms. The van der Waals surface area contributed by atoms with Crippen LogP contribution in [0.3, 0.4) is 0 Å². The minimum atomic E-state index is -3.67. The second-order valence-corrected chi connectivity index (χ2v) is 9.40. The molecule has 0 aliphatic rings. The first-order valence-electron chi connectivity index (χ1n) is 9.64. The van der Waals surface area contributed by atoms with Crippen LogP contribution in [-0.4, -0.2) is 41.5 Å². The number of aromatic nitrogens is 2. The van der Waals surface area contributed by atoms with Crippen molar-refractivity contribution in [2.45, 2.75) is 25.3 Å². The third-order valence-corrected chi connectivity index (χ3v) is 7.52. The van der Waals surface area contributed by atoms with Crippen LogP contribution in [0.1, 0.15) is 29.8 Å². The molecule has 2 aromatic carbocycles. The van der Waals surface area contributed by atoms with Crippen LogP contribution in [-0.2, 0) is 16.6 Å². The van der Waals surface area contributed by atoms with E-state index in [-0.39, 0.29) is 17.0 Å². The molecule has 0 saturated heterocycles. The molecule has 0 radical (unpaired) electrons. The lowest BCUT2D eigenvalue weighted by molar-refractivity contribution is 0.102. The van der Waals surface area contributed by atoms with Crippen molar-refractivity contribution in [3.05, 3.63) is 75.9 Å². The van der Waals surface area contributed by atoms with Crippen LogP contribution >= 0.6 is 23.2 Å². The molecule has 1 N–H and O–H groups in total. The smallest absolute Gasteiger partial charge is 0.256 e. The predicted molar refractivity (Wildman–Crippen MR) is 122 cm³/mol. The Labute approximate surface area is 191 Å². The summed E-state index contributed by atoms with van der Waals surface area (Å²) in [6.45, 7) is 4.49. The largest absolute Gasteiger partial charge is 0.307 e. The zero-order chi connectivity index (χ0) is 22.6. The molecule has 31 heavy (non-hydrogen) atoms. The quantitative estimate of drug-likeness (QED) is 0.513. The molecule has 0 atom stereocenters. The van der Waals surface area contributed by atoms with Gasteiger partial charge in [0.15, 0.2) is 0 Å². The van der Waals surface area contributed by atoms with Gasteiger partial charge in [0.2, 0.25) is 10.0 Å². The molecule has 1 amide bonds. The van der Waals surface area contributed by atoms with Gasteiger partial charge in [0, 0.05) is 40.3 Å². The predicted octanol–water partition coefficient (Wildman–Crippen LogP) is 4.52. The average Bonchev–Trinajstić information content (AvgIpc) is 3.18. The number of nitrogens with one attached hydrogen (secondary N) is 1. The van der Waals surface area contributed by atoms with Crippen molar-refractivity contribution in [1.29, 1.82) is 0 Å². The maximum absolute atomic E-state index is 12.8. The lowest BCUT2D eigenvalue weighted by atomic mass is 10.2. The Morgan fingerprint density at radius 3 is 2.35 bits per heavy atom. The van der Waals surface area contributed by atoms with Crippen LogP contribution in [0.15, 0.2) is 59.6 Å². The second-order valence-electron chi connectivity index (χ2n) is 6.65. The fraction of sp³-hybridized carbons (Fsp3) is 0.238. The number of sulfonamides is 1. The molecule has 10 heteroatoms. The number of halogens is 2. The Bertz CT molecular complexity index is 1170. The maximum atomic E-state index is 12.8. The molecular weight excluding hydrogens is 459 g/mol. The fourth-order valence-corrected chi connectivity index (χ4v) is 5.12. The molecule has 0 bridgehead atoms. The summed E-state index contributed by atoms with van der Waals surface area (Å²) in [5.41, 5.74) is 0.897. The van der Waals surface area contributed by atoms with Crippen molar-refractivity contribution in [3.8, 4) is 0 Å². The molecule has 1 heterocycles. The number of benzene rings is 2. The van der Waals surface area contributed by atoms with Gasteiger partial charge in [-0.05, 0) is 30.3 Å². The standard InChI is InChI=1S/C21H22Cl2N4O3S/c1-3-26(4-2)31(29,30)16-8-5-7-15(13-16)21(28)25-20-11-12-24-27(20)14-17-18(22)9-6-10-19(17)23/h5-13H,3-4,14H2,1-2H3,(H,25,28). The van der Waals surface area contributed by atoms with E-state index in [9.17, 15) is 13.2 Å². The van der Waals surface area contributed by atoms with E-state index in [1.807, 2.05) is 0 Å². The van der Waals surface area contributed by atoms with Gasteiger partial charge in [0.05, 0.1) is 17.6 Å². The van der Waals surface area contributed by atoms with Crippen LogP contribution in [0.2, 0.25) is 10.0 Å². The zero-order valence-electron chi connectivity index (χ0n) is 17.0. The van der Waals surface area contributed by atoms with Gasteiger partial charge < -0.3 is 5.32 Å². The van der Waals surface area contributed by atoms with Gasteiger partial charge in [0.25, 0.3) is 5.91 Å².